The van der Waals surface area contributed by atoms with Gasteiger partial charge in [-0.25, -0.2) is 23.0 Å². The molecular formula is C46H47ClF6N8O7S. The van der Waals surface area contributed by atoms with Gasteiger partial charge in [0, 0.05) is 86.8 Å². The number of carbonyl (C=O) groups excluding carboxylic acids is 1. The number of halogens is 7. The van der Waals surface area contributed by atoms with E-state index in [1.54, 1.807) is 30.5 Å². The Balaban J connectivity index is 0.994. The summed E-state index contributed by atoms with van der Waals surface area (Å²) in [5, 5.41) is 15.5. The third-order valence-corrected chi connectivity index (χ3v) is 14.1. The Kier molecular flexibility index (Phi) is 14.0. The zero-order chi connectivity index (χ0) is 49.5. The fraction of sp³-hybridized carbons (Fsp3) is 0.391. The van der Waals surface area contributed by atoms with Gasteiger partial charge in [0.15, 0.2) is 0 Å². The molecule has 1 unspecified atom stereocenters. The first-order valence-corrected chi connectivity index (χ1v) is 23.7. The van der Waals surface area contributed by atoms with Crippen LogP contribution in [0, 0.1) is 15.5 Å². The quantitative estimate of drug-likeness (QED) is 0.0442. The third kappa shape index (κ3) is 11.6. The lowest BCUT2D eigenvalue weighted by molar-refractivity contribution is -0.384. The molecule has 15 nitrogen and oxygen atoms in total. The van der Waals surface area contributed by atoms with Gasteiger partial charge >= 0.3 is 12.5 Å². The Morgan fingerprint density at radius 1 is 1.01 bits per heavy atom. The molecule has 5 aromatic rings. The SMILES string of the molecule is CC1(C)CCC(CN2CCN(c3ccc(C(=O)NS(=O)(=O)c4ccc(NCC5CN(C(F)(F)F)CCO5)c([N+](=O)[O-])c4)c(Oc4cnc5[nH]ccc5c4)c3)CC2)=C(c2ccc(C(F)(F)F)cc2Cl)C1. The van der Waals surface area contributed by atoms with E-state index in [9.17, 15) is 49.7 Å². The van der Waals surface area contributed by atoms with Gasteiger partial charge in [-0.05, 0) is 84.3 Å². The van der Waals surface area contributed by atoms with Gasteiger partial charge in [-0.3, -0.25) is 19.8 Å². The normalized spacial score (nSPS) is 18.6. The maximum absolute atomic E-state index is 13.9. The average molecular weight is 1010 g/mol. The first kappa shape index (κ1) is 49.5. The molecule has 0 saturated carbocycles. The minimum Gasteiger partial charge on any atom is -0.455 e. The largest absolute Gasteiger partial charge is 0.460 e. The summed E-state index contributed by atoms with van der Waals surface area (Å²) < 4.78 is 121. The Bertz CT molecular complexity index is 2900. The number of anilines is 2. The molecule has 1 aliphatic carbocycles. The molecule has 0 bridgehead atoms. The van der Waals surface area contributed by atoms with E-state index in [0.717, 1.165) is 54.3 Å². The summed E-state index contributed by atoms with van der Waals surface area (Å²) in [6.07, 6.45) is -4.66. The van der Waals surface area contributed by atoms with Gasteiger partial charge < -0.3 is 24.7 Å². The van der Waals surface area contributed by atoms with E-state index in [-0.39, 0.29) is 57.8 Å². The van der Waals surface area contributed by atoms with Crippen LogP contribution in [0.4, 0.5) is 43.4 Å². The highest BCUT2D eigenvalue weighted by molar-refractivity contribution is 7.90. The number of piperazine rings is 1. The molecule has 23 heteroatoms. The van der Waals surface area contributed by atoms with E-state index >= 15 is 0 Å². The van der Waals surface area contributed by atoms with Crippen LogP contribution in [0.2, 0.25) is 5.02 Å². The first-order chi connectivity index (χ1) is 32.5. The summed E-state index contributed by atoms with van der Waals surface area (Å²) in [6.45, 7) is 5.79. The predicted octanol–water partition coefficient (Wildman–Crippen LogP) is 9.47. The number of H-pyrrole nitrogens is 1. The van der Waals surface area contributed by atoms with E-state index < -0.39 is 62.1 Å². The number of rotatable bonds is 13. The number of carbonyl (C=O) groups is 1. The molecule has 3 aliphatic rings. The van der Waals surface area contributed by atoms with Crippen molar-refractivity contribution in [3.63, 3.8) is 0 Å². The van der Waals surface area contributed by atoms with Gasteiger partial charge in [-0.15, -0.1) is 0 Å². The van der Waals surface area contributed by atoms with Crippen LogP contribution in [-0.2, 0) is 20.9 Å². The number of nitrogens with one attached hydrogen (secondary N) is 3. The van der Waals surface area contributed by atoms with Crippen molar-refractivity contribution in [2.24, 2.45) is 5.41 Å². The van der Waals surface area contributed by atoms with Crippen molar-refractivity contribution in [2.45, 2.75) is 56.6 Å². The molecule has 4 heterocycles. The lowest BCUT2D eigenvalue weighted by atomic mass is 9.72. The Hall–Kier alpha value is -5.94. The second-order valence-electron chi connectivity index (χ2n) is 17.9. The second kappa shape index (κ2) is 19.5. The number of amides is 1. The summed E-state index contributed by atoms with van der Waals surface area (Å²) in [7, 11) is -4.77. The van der Waals surface area contributed by atoms with Crippen LogP contribution >= 0.6 is 11.6 Å². The summed E-state index contributed by atoms with van der Waals surface area (Å²) in [4.78, 5) is 36.5. The van der Waals surface area contributed by atoms with Gasteiger partial charge in [-0.1, -0.05) is 37.1 Å². The summed E-state index contributed by atoms with van der Waals surface area (Å²) in [6, 6.07) is 14.4. The number of hydrogen-bond acceptors (Lipinski definition) is 12. The van der Waals surface area contributed by atoms with E-state index in [0.29, 0.717) is 61.4 Å². The number of pyridine rings is 1. The molecular weight excluding hydrogens is 958 g/mol. The number of alkyl halides is 6. The topological polar surface area (TPSA) is 175 Å². The van der Waals surface area contributed by atoms with Crippen LogP contribution in [0.5, 0.6) is 11.5 Å². The number of benzene rings is 3. The number of nitrogens with zero attached hydrogens (tertiary/aromatic N) is 5. The molecule has 2 saturated heterocycles. The molecule has 8 rings (SSSR count). The van der Waals surface area contributed by atoms with Crippen LogP contribution in [-0.4, -0.2) is 110 Å². The monoisotopic (exact) mass is 1000 g/mol. The number of fused-ring (bicyclic) bond motifs is 1. The zero-order valence-electron chi connectivity index (χ0n) is 37.2. The van der Waals surface area contributed by atoms with Crippen molar-refractivity contribution in [1.82, 2.24) is 24.5 Å². The van der Waals surface area contributed by atoms with Crippen molar-refractivity contribution < 1.29 is 54.0 Å². The van der Waals surface area contributed by atoms with Crippen LogP contribution in [0.15, 0.2) is 89.6 Å². The smallest absolute Gasteiger partial charge is 0.455 e. The molecule has 69 heavy (non-hydrogen) atoms. The molecule has 0 radical (unpaired) electrons. The highest BCUT2D eigenvalue weighted by Gasteiger charge is 2.41. The molecule has 1 amide bonds. The lowest BCUT2D eigenvalue weighted by Gasteiger charge is -2.39. The minimum atomic E-state index is -4.77. The van der Waals surface area contributed by atoms with E-state index in [4.69, 9.17) is 21.1 Å². The van der Waals surface area contributed by atoms with Crippen molar-refractivity contribution in [2.75, 3.05) is 69.2 Å². The fourth-order valence-electron chi connectivity index (χ4n) is 8.76. The molecule has 0 spiro atoms. The molecule has 3 aromatic carbocycles. The number of morpholine rings is 1. The van der Waals surface area contributed by atoms with Gasteiger partial charge in [0.25, 0.3) is 21.6 Å². The molecule has 3 N–H and O–H groups in total. The number of aromatic nitrogens is 2. The molecule has 2 fully saturated rings. The Morgan fingerprint density at radius 3 is 2.49 bits per heavy atom. The van der Waals surface area contributed by atoms with Crippen molar-refractivity contribution in [1.29, 1.82) is 0 Å². The molecule has 2 aliphatic heterocycles. The van der Waals surface area contributed by atoms with Crippen molar-refractivity contribution >= 4 is 61.2 Å². The molecule has 1 atom stereocenters. The average Bonchev–Trinajstić information content (AvgIpc) is 3.76. The third-order valence-electron chi connectivity index (χ3n) is 12.5. The number of ether oxygens (including phenoxy) is 2. The summed E-state index contributed by atoms with van der Waals surface area (Å²) in [5.74, 6) is -0.900. The van der Waals surface area contributed by atoms with Gasteiger partial charge in [-0.2, -0.15) is 26.3 Å². The highest BCUT2D eigenvalue weighted by atomic mass is 35.5. The summed E-state index contributed by atoms with van der Waals surface area (Å²) in [5.41, 5.74) is 1.94. The van der Waals surface area contributed by atoms with Crippen LogP contribution < -0.4 is 19.7 Å². The van der Waals surface area contributed by atoms with E-state index in [2.05, 4.69) is 38.9 Å². The number of nitro groups is 1. The van der Waals surface area contributed by atoms with Gasteiger partial charge in [0.1, 0.15) is 22.8 Å². The number of sulfonamides is 1. The maximum Gasteiger partial charge on any atom is 0.460 e. The lowest BCUT2D eigenvalue weighted by Crippen LogP contribution is -2.51. The Morgan fingerprint density at radius 2 is 1.78 bits per heavy atom. The number of hydrogen-bond donors (Lipinski definition) is 3. The standard InChI is InChI=1S/C46H47ClF6N8O7S/c1-44(2)11-9-29(37(23-44)35-6-3-30(20-38(35)47)45(48,49)50)26-58-13-15-59(16-14-58)31-4-7-36(41(21-31)68-32-19-28-10-12-54-42(28)56-24-32)43(62)57-69(65,66)34-5-8-39(40(22-34)61(63)64)55-25-33-27-60(17-18-67-33)46(51,52)53/h3-8,10,12,19-22,24,33,55H,9,11,13-18,23,25-27H2,1-2H3,(H,54,56)(H,57,62). The van der Waals surface area contributed by atoms with Crippen LogP contribution in [0.3, 0.4) is 0 Å². The van der Waals surface area contributed by atoms with Crippen molar-refractivity contribution in [3.8, 4) is 11.5 Å². The molecule has 2 aromatic heterocycles. The number of nitro benzene ring substituents is 1. The maximum atomic E-state index is 13.9. The van der Waals surface area contributed by atoms with E-state index in [1.807, 2.05) is 4.72 Å². The van der Waals surface area contributed by atoms with Crippen LogP contribution in [0.1, 0.15) is 54.6 Å². The Labute approximate surface area is 397 Å². The first-order valence-electron chi connectivity index (χ1n) is 21.9. The van der Waals surface area contributed by atoms with Crippen LogP contribution in [0.25, 0.3) is 16.6 Å². The van der Waals surface area contributed by atoms with Crippen molar-refractivity contribution in [3.05, 3.63) is 117 Å². The number of allylic oxidation sites excluding steroid dienone is 1. The minimum absolute atomic E-state index is 0.0214. The van der Waals surface area contributed by atoms with E-state index in [1.165, 1.54) is 18.3 Å². The van der Waals surface area contributed by atoms with Gasteiger partial charge in [0.05, 0.1) is 39.9 Å². The molecule has 368 valence electrons. The predicted molar refractivity (Wildman–Crippen MR) is 246 cm³/mol. The summed E-state index contributed by atoms with van der Waals surface area (Å²) >= 11 is 6.52. The number of aromatic amines is 1. The fourth-order valence-corrected chi connectivity index (χ4v) is 10.0. The highest BCUT2D eigenvalue weighted by Crippen LogP contribution is 2.46. The van der Waals surface area contributed by atoms with Gasteiger partial charge in [0.2, 0.25) is 0 Å². The second-order valence-corrected chi connectivity index (χ2v) is 20.0. The zero-order valence-corrected chi connectivity index (χ0v) is 38.8.